The molecule has 0 N–H and O–H groups in total. The van der Waals surface area contributed by atoms with Crippen molar-refractivity contribution in [1.82, 2.24) is 0 Å². The molecule has 0 unspecified atom stereocenters. The standard InChI is InChI=1S/C24H28O4/c1-4-15-26-21-11-9-20(10-12-21)22(25)13-7-19-8-14-23(27-16-5-2)24(18-19)28-17-6-3/h4,7-14,18H,1,5-6,15-17H2,2-3H3/b13-7+. The molecule has 28 heavy (non-hydrogen) atoms. The van der Waals surface area contributed by atoms with Gasteiger partial charge in [-0.15, -0.1) is 0 Å². The highest BCUT2D eigenvalue weighted by Gasteiger charge is 2.07. The number of benzene rings is 2. The number of rotatable bonds is 12. The first-order chi connectivity index (χ1) is 13.7. The summed E-state index contributed by atoms with van der Waals surface area (Å²) in [5, 5.41) is 0. The number of allylic oxidation sites excluding steroid dienone is 1. The summed E-state index contributed by atoms with van der Waals surface area (Å²) in [6, 6.07) is 12.8. The minimum Gasteiger partial charge on any atom is -0.490 e. The van der Waals surface area contributed by atoms with Crippen LogP contribution in [0.4, 0.5) is 0 Å². The highest BCUT2D eigenvalue weighted by molar-refractivity contribution is 6.06. The van der Waals surface area contributed by atoms with E-state index >= 15 is 0 Å². The van der Waals surface area contributed by atoms with Crippen molar-refractivity contribution in [3.8, 4) is 17.2 Å². The van der Waals surface area contributed by atoms with Crippen LogP contribution >= 0.6 is 0 Å². The summed E-state index contributed by atoms with van der Waals surface area (Å²) in [6.45, 7) is 9.43. The van der Waals surface area contributed by atoms with Gasteiger partial charge in [0.25, 0.3) is 0 Å². The number of carbonyl (C=O) groups excluding carboxylic acids is 1. The van der Waals surface area contributed by atoms with E-state index < -0.39 is 0 Å². The monoisotopic (exact) mass is 380 g/mol. The van der Waals surface area contributed by atoms with Crippen LogP contribution in [0, 0.1) is 0 Å². The van der Waals surface area contributed by atoms with E-state index in [0.717, 1.165) is 24.2 Å². The van der Waals surface area contributed by atoms with Gasteiger partial charge < -0.3 is 14.2 Å². The first-order valence-electron chi connectivity index (χ1n) is 9.63. The van der Waals surface area contributed by atoms with Crippen LogP contribution in [-0.2, 0) is 0 Å². The van der Waals surface area contributed by atoms with Crippen LogP contribution in [0.25, 0.3) is 6.08 Å². The fourth-order valence-corrected chi connectivity index (χ4v) is 2.42. The van der Waals surface area contributed by atoms with Gasteiger partial charge >= 0.3 is 0 Å². The van der Waals surface area contributed by atoms with Crippen LogP contribution in [0.3, 0.4) is 0 Å². The van der Waals surface area contributed by atoms with Gasteiger partial charge in [-0.2, -0.15) is 0 Å². The molecule has 0 saturated heterocycles. The third-order valence-corrected chi connectivity index (χ3v) is 3.82. The molecule has 2 aromatic rings. The molecule has 0 radical (unpaired) electrons. The van der Waals surface area contributed by atoms with Crippen molar-refractivity contribution in [3.63, 3.8) is 0 Å². The Balaban J connectivity index is 2.08. The molecule has 4 nitrogen and oxygen atoms in total. The molecule has 0 aromatic heterocycles. The molecule has 0 heterocycles. The number of hydrogen-bond donors (Lipinski definition) is 0. The zero-order valence-electron chi connectivity index (χ0n) is 16.6. The quantitative estimate of drug-likeness (QED) is 0.268. The van der Waals surface area contributed by atoms with Gasteiger partial charge in [-0.25, -0.2) is 0 Å². The first-order valence-corrected chi connectivity index (χ1v) is 9.63. The molecule has 0 saturated carbocycles. The second-order valence-corrected chi connectivity index (χ2v) is 6.22. The van der Waals surface area contributed by atoms with Crippen LogP contribution in [0.15, 0.2) is 61.2 Å². The molecule has 0 amide bonds. The second kappa shape index (κ2) is 11.7. The molecular formula is C24H28O4. The zero-order chi connectivity index (χ0) is 20.2. The van der Waals surface area contributed by atoms with E-state index in [4.69, 9.17) is 14.2 Å². The van der Waals surface area contributed by atoms with Crippen molar-refractivity contribution in [2.75, 3.05) is 19.8 Å². The molecule has 0 aliphatic carbocycles. The van der Waals surface area contributed by atoms with Crippen LogP contribution < -0.4 is 14.2 Å². The maximum absolute atomic E-state index is 12.4. The van der Waals surface area contributed by atoms with Crippen LogP contribution in [0.5, 0.6) is 17.2 Å². The molecule has 0 bridgehead atoms. The molecule has 2 rings (SSSR count). The molecule has 0 atom stereocenters. The first kappa shape index (κ1) is 21.3. The Labute approximate surface area is 167 Å². The van der Waals surface area contributed by atoms with Crippen molar-refractivity contribution in [1.29, 1.82) is 0 Å². The van der Waals surface area contributed by atoms with Gasteiger partial charge in [-0.3, -0.25) is 4.79 Å². The predicted octanol–water partition coefficient (Wildman–Crippen LogP) is 5.73. The Kier molecular flexibility index (Phi) is 8.86. The average Bonchev–Trinajstić information content (AvgIpc) is 2.74. The second-order valence-electron chi connectivity index (χ2n) is 6.22. The predicted molar refractivity (Wildman–Crippen MR) is 114 cm³/mol. The van der Waals surface area contributed by atoms with E-state index in [2.05, 4.69) is 20.4 Å². The summed E-state index contributed by atoms with van der Waals surface area (Å²) in [5.74, 6) is 2.07. The van der Waals surface area contributed by atoms with Gasteiger partial charge in [0.2, 0.25) is 0 Å². The lowest BCUT2D eigenvalue weighted by atomic mass is 10.1. The number of carbonyl (C=O) groups is 1. The number of ether oxygens (including phenoxy) is 3. The number of ketones is 1. The Morgan fingerprint density at radius 3 is 2.25 bits per heavy atom. The van der Waals surface area contributed by atoms with Crippen molar-refractivity contribution < 1.29 is 19.0 Å². The summed E-state index contributed by atoms with van der Waals surface area (Å²) in [5.41, 5.74) is 1.49. The molecule has 4 heteroatoms. The summed E-state index contributed by atoms with van der Waals surface area (Å²) < 4.78 is 17.0. The van der Waals surface area contributed by atoms with E-state index in [-0.39, 0.29) is 5.78 Å². The third-order valence-electron chi connectivity index (χ3n) is 3.82. The Hall–Kier alpha value is -3.01. The maximum atomic E-state index is 12.4. The van der Waals surface area contributed by atoms with Gasteiger partial charge in [0.1, 0.15) is 12.4 Å². The van der Waals surface area contributed by atoms with E-state index in [1.165, 1.54) is 0 Å². The molecule has 148 valence electrons. The zero-order valence-corrected chi connectivity index (χ0v) is 16.6. The molecule has 0 aliphatic heterocycles. The Morgan fingerprint density at radius 2 is 1.61 bits per heavy atom. The molecule has 0 spiro atoms. The largest absolute Gasteiger partial charge is 0.490 e. The van der Waals surface area contributed by atoms with Crippen molar-refractivity contribution in [2.45, 2.75) is 26.7 Å². The van der Waals surface area contributed by atoms with E-state index in [1.807, 2.05) is 18.2 Å². The summed E-state index contributed by atoms with van der Waals surface area (Å²) in [4.78, 5) is 12.4. The minimum absolute atomic E-state index is 0.0717. The summed E-state index contributed by atoms with van der Waals surface area (Å²) in [6.07, 6.45) is 6.87. The van der Waals surface area contributed by atoms with Crippen molar-refractivity contribution >= 4 is 11.9 Å². The summed E-state index contributed by atoms with van der Waals surface area (Å²) >= 11 is 0. The number of hydrogen-bond acceptors (Lipinski definition) is 4. The molecule has 0 fully saturated rings. The molecule has 2 aromatic carbocycles. The normalized spacial score (nSPS) is 10.6. The summed E-state index contributed by atoms with van der Waals surface area (Å²) in [7, 11) is 0. The average molecular weight is 380 g/mol. The van der Waals surface area contributed by atoms with Crippen molar-refractivity contribution in [2.24, 2.45) is 0 Å². The van der Waals surface area contributed by atoms with Gasteiger partial charge in [0, 0.05) is 5.56 Å². The molecular weight excluding hydrogens is 352 g/mol. The van der Waals surface area contributed by atoms with Gasteiger partial charge in [0.15, 0.2) is 17.3 Å². The van der Waals surface area contributed by atoms with Crippen LogP contribution in [0.2, 0.25) is 0 Å². The van der Waals surface area contributed by atoms with Gasteiger partial charge in [0.05, 0.1) is 13.2 Å². The van der Waals surface area contributed by atoms with Crippen LogP contribution in [0.1, 0.15) is 42.6 Å². The lowest BCUT2D eigenvalue weighted by Crippen LogP contribution is -2.01. The fourth-order valence-electron chi connectivity index (χ4n) is 2.42. The Morgan fingerprint density at radius 1 is 0.929 bits per heavy atom. The minimum atomic E-state index is -0.0717. The highest BCUT2D eigenvalue weighted by atomic mass is 16.5. The maximum Gasteiger partial charge on any atom is 0.185 e. The highest BCUT2D eigenvalue weighted by Crippen LogP contribution is 2.29. The van der Waals surface area contributed by atoms with Gasteiger partial charge in [-0.05, 0) is 60.9 Å². The smallest absolute Gasteiger partial charge is 0.185 e. The Bertz CT molecular complexity index is 791. The van der Waals surface area contributed by atoms with Crippen molar-refractivity contribution in [3.05, 3.63) is 72.3 Å². The van der Waals surface area contributed by atoms with E-state index in [9.17, 15) is 4.79 Å². The third kappa shape index (κ3) is 6.62. The topological polar surface area (TPSA) is 44.8 Å². The SMILES string of the molecule is C=CCOc1ccc(C(=O)/C=C/c2ccc(OCCC)c(OCCC)c2)cc1. The van der Waals surface area contributed by atoms with E-state index in [0.29, 0.717) is 36.9 Å². The molecule has 0 aliphatic rings. The van der Waals surface area contributed by atoms with Crippen LogP contribution in [-0.4, -0.2) is 25.6 Å². The van der Waals surface area contributed by atoms with E-state index in [1.54, 1.807) is 42.5 Å². The lowest BCUT2D eigenvalue weighted by molar-refractivity contribution is 0.104. The van der Waals surface area contributed by atoms with Gasteiger partial charge in [-0.1, -0.05) is 38.6 Å². The lowest BCUT2D eigenvalue weighted by Gasteiger charge is -2.12. The fraction of sp³-hybridized carbons (Fsp3) is 0.292.